The molecule has 0 radical (unpaired) electrons. The van der Waals surface area contributed by atoms with Gasteiger partial charge in [-0.2, -0.15) is 5.26 Å². The summed E-state index contributed by atoms with van der Waals surface area (Å²) in [6.07, 6.45) is 3.87. The van der Waals surface area contributed by atoms with Gasteiger partial charge in [-0.1, -0.05) is 24.6 Å². The number of carbonyl (C=O) groups excluding carboxylic acids is 1. The molecule has 2 saturated heterocycles. The van der Waals surface area contributed by atoms with Gasteiger partial charge in [0.25, 0.3) is 5.91 Å². The molecule has 5 nitrogen and oxygen atoms in total. The predicted octanol–water partition coefficient (Wildman–Crippen LogP) is 3.32. The largest absolute Gasteiger partial charge is 0.335 e. The van der Waals surface area contributed by atoms with E-state index >= 15 is 0 Å². The first-order chi connectivity index (χ1) is 13.2. The molecular formula is C22H24N4O. The average molecular weight is 360 g/mol. The van der Waals surface area contributed by atoms with Gasteiger partial charge in [0.1, 0.15) is 11.8 Å². The van der Waals surface area contributed by atoms with E-state index in [1.54, 1.807) is 6.07 Å². The standard InChI is InChI=1S/C22H24N4O/c1-16-5-2-3-12-26(16)20-14-25(15-20)22(27)18-10-8-17(9-11-18)21-7-4-6-19(13-23)24-21/h4,6-11,16,20H,2-3,5,12,14-15H2,1H3/t16-/m1/s1. The van der Waals surface area contributed by atoms with Gasteiger partial charge in [0, 0.05) is 36.3 Å². The first kappa shape index (κ1) is 17.7. The number of hydrogen-bond donors (Lipinski definition) is 0. The Balaban J connectivity index is 1.39. The number of rotatable bonds is 3. The van der Waals surface area contributed by atoms with Crippen molar-refractivity contribution >= 4 is 5.91 Å². The number of likely N-dealkylation sites (tertiary alicyclic amines) is 2. The number of nitrogens with zero attached hydrogens (tertiary/aromatic N) is 4. The highest BCUT2D eigenvalue weighted by Crippen LogP contribution is 2.26. The van der Waals surface area contributed by atoms with Crippen LogP contribution in [0.5, 0.6) is 0 Å². The van der Waals surface area contributed by atoms with Gasteiger partial charge < -0.3 is 4.90 Å². The number of hydrogen-bond acceptors (Lipinski definition) is 4. The smallest absolute Gasteiger partial charge is 0.253 e. The highest BCUT2D eigenvalue weighted by atomic mass is 16.2. The van der Waals surface area contributed by atoms with E-state index in [4.69, 9.17) is 5.26 Å². The van der Waals surface area contributed by atoms with Gasteiger partial charge in [0.15, 0.2) is 0 Å². The molecule has 2 aliphatic heterocycles. The minimum atomic E-state index is 0.0983. The summed E-state index contributed by atoms with van der Waals surface area (Å²) < 4.78 is 0. The average Bonchev–Trinajstić information content (AvgIpc) is 2.68. The van der Waals surface area contributed by atoms with Gasteiger partial charge in [-0.3, -0.25) is 9.69 Å². The summed E-state index contributed by atoms with van der Waals surface area (Å²) >= 11 is 0. The van der Waals surface area contributed by atoms with Gasteiger partial charge in [-0.05, 0) is 50.6 Å². The number of amides is 1. The van der Waals surface area contributed by atoms with Crippen LogP contribution in [0.1, 0.15) is 42.2 Å². The summed E-state index contributed by atoms with van der Waals surface area (Å²) in [7, 11) is 0. The van der Waals surface area contributed by atoms with Crippen molar-refractivity contribution in [1.29, 1.82) is 5.26 Å². The third kappa shape index (κ3) is 3.58. The monoisotopic (exact) mass is 360 g/mol. The molecular weight excluding hydrogens is 336 g/mol. The molecule has 4 rings (SSSR count). The van der Waals surface area contributed by atoms with Crippen LogP contribution in [0.25, 0.3) is 11.3 Å². The van der Waals surface area contributed by atoms with Crippen molar-refractivity contribution < 1.29 is 4.79 Å². The molecule has 0 unspecified atom stereocenters. The van der Waals surface area contributed by atoms with E-state index in [-0.39, 0.29) is 5.91 Å². The molecule has 2 aromatic rings. The summed E-state index contributed by atoms with van der Waals surface area (Å²) in [5.41, 5.74) is 2.76. The van der Waals surface area contributed by atoms with E-state index < -0.39 is 0 Å². The molecule has 0 N–H and O–H groups in total. The molecule has 1 atom stereocenters. The summed E-state index contributed by atoms with van der Waals surface area (Å²) in [5.74, 6) is 0.0983. The Bertz CT molecular complexity index is 865. The molecule has 5 heteroatoms. The molecule has 0 saturated carbocycles. The Morgan fingerprint density at radius 1 is 1.15 bits per heavy atom. The van der Waals surface area contributed by atoms with Crippen LogP contribution in [0, 0.1) is 11.3 Å². The fourth-order valence-corrected chi connectivity index (χ4v) is 4.12. The number of nitriles is 1. The van der Waals surface area contributed by atoms with Gasteiger partial charge in [-0.15, -0.1) is 0 Å². The summed E-state index contributed by atoms with van der Waals surface area (Å²) in [5, 5.41) is 8.99. The number of aromatic nitrogens is 1. The van der Waals surface area contributed by atoms with E-state index in [0.29, 0.717) is 23.3 Å². The zero-order chi connectivity index (χ0) is 18.8. The lowest BCUT2D eigenvalue weighted by Crippen LogP contribution is -2.63. The molecule has 1 aromatic heterocycles. The number of benzene rings is 1. The van der Waals surface area contributed by atoms with E-state index in [0.717, 1.165) is 30.9 Å². The number of carbonyl (C=O) groups is 1. The van der Waals surface area contributed by atoms with Gasteiger partial charge >= 0.3 is 0 Å². The summed E-state index contributed by atoms with van der Waals surface area (Å²) in [6.45, 7) is 5.13. The molecule has 2 fully saturated rings. The molecule has 138 valence electrons. The summed E-state index contributed by atoms with van der Waals surface area (Å²) in [4.78, 5) is 21.6. The summed E-state index contributed by atoms with van der Waals surface area (Å²) in [6, 6.07) is 16.1. The lowest BCUT2D eigenvalue weighted by Gasteiger charge is -2.49. The molecule has 2 aliphatic rings. The zero-order valence-corrected chi connectivity index (χ0v) is 15.6. The van der Waals surface area contributed by atoms with Crippen molar-refractivity contribution in [1.82, 2.24) is 14.8 Å². The number of piperidine rings is 1. The first-order valence-electron chi connectivity index (χ1n) is 9.68. The topological polar surface area (TPSA) is 60.2 Å². The van der Waals surface area contributed by atoms with Gasteiger partial charge in [0.2, 0.25) is 0 Å². The molecule has 27 heavy (non-hydrogen) atoms. The van der Waals surface area contributed by atoms with Crippen LogP contribution in [0.2, 0.25) is 0 Å². The highest BCUT2D eigenvalue weighted by Gasteiger charge is 2.37. The molecule has 3 heterocycles. The third-order valence-corrected chi connectivity index (χ3v) is 5.76. The van der Waals surface area contributed by atoms with Crippen molar-refractivity contribution in [2.24, 2.45) is 0 Å². The maximum atomic E-state index is 12.7. The van der Waals surface area contributed by atoms with Crippen LogP contribution in [0.15, 0.2) is 42.5 Å². The molecule has 1 amide bonds. The minimum Gasteiger partial charge on any atom is -0.335 e. The molecule has 0 aliphatic carbocycles. The van der Waals surface area contributed by atoms with Crippen LogP contribution in [-0.4, -0.2) is 52.4 Å². The lowest BCUT2D eigenvalue weighted by molar-refractivity contribution is 0.00213. The Morgan fingerprint density at radius 2 is 1.93 bits per heavy atom. The van der Waals surface area contributed by atoms with Crippen molar-refractivity contribution in [2.45, 2.75) is 38.3 Å². The van der Waals surface area contributed by atoms with Crippen molar-refractivity contribution in [3.05, 3.63) is 53.7 Å². The van der Waals surface area contributed by atoms with Gasteiger partial charge in [0.05, 0.1) is 5.69 Å². The van der Waals surface area contributed by atoms with Crippen LogP contribution in [0.3, 0.4) is 0 Å². The van der Waals surface area contributed by atoms with Crippen LogP contribution >= 0.6 is 0 Å². The van der Waals surface area contributed by atoms with E-state index in [2.05, 4.69) is 22.9 Å². The Labute approximate surface area is 160 Å². The normalized spacial score (nSPS) is 20.7. The van der Waals surface area contributed by atoms with Crippen molar-refractivity contribution in [2.75, 3.05) is 19.6 Å². The fraction of sp³-hybridized carbons (Fsp3) is 0.409. The van der Waals surface area contributed by atoms with Crippen LogP contribution in [0.4, 0.5) is 0 Å². The second kappa shape index (κ2) is 7.50. The quantitative estimate of drug-likeness (QED) is 0.842. The SMILES string of the molecule is C[C@@H]1CCCCN1C1CN(C(=O)c2ccc(-c3cccc(C#N)n3)cc2)C1. The minimum absolute atomic E-state index is 0.0983. The Kier molecular flexibility index (Phi) is 4.91. The number of pyridine rings is 1. The first-order valence-corrected chi connectivity index (χ1v) is 9.68. The molecule has 1 aromatic carbocycles. The second-order valence-corrected chi connectivity index (χ2v) is 7.54. The predicted molar refractivity (Wildman–Crippen MR) is 104 cm³/mol. The van der Waals surface area contributed by atoms with Crippen LogP contribution in [-0.2, 0) is 0 Å². The lowest BCUT2D eigenvalue weighted by atomic mass is 9.97. The fourth-order valence-electron chi connectivity index (χ4n) is 4.12. The molecule has 0 spiro atoms. The van der Waals surface area contributed by atoms with Crippen molar-refractivity contribution in [3.8, 4) is 17.3 Å². The third-order valence-electron chi connectivity index (χ3n) is 5.76. The van der Waals surface area contributed by atoms with E-state index in [1.165, 1.54) is 19.3 Å². The van der Waals surface area contributed by atoms with E-state index in [1.807, 2.05) is 41.3 Å². The maximum absolute atomic E-state index is 12.7. The molecule has 0 bridgehead atoms. The van der Waals surface area contributed by atoms with E-state index in [9.17, 15) is 4.79 Å². The Hall–Kier alpha value is -2.71. The Morgan fingerprint density at radius 3 is 2.63 bits per heavy atom. The van der Waals surface area contributed by atoms with Gasteiger partial charge in [-0.25, -0.2) is 4.98 Å². The second-order valence-electron chi connectivity index (χ2n) is 7.54. The zero-order valence-electron chi connectivity index (χ0n) is 15.6. The van der Waals surface area contributed by atoms with Crippen molar-refractivity contribution in [3.63, 3.8) is 0 Å². The van der Waals surface area contributed by atoms with Crippen LogP contribution < -0.4 is 0 Å². The highest BCUT2D eigenvalue weighted by molar-refractivity contribution is 5.95. The maximum Gasteiger partial charge on any atom is 0.253 e.